The Morgan fingerprint density at radius 1 is 0.971 bits per heavy atom. The van der Waals surface area contributed by atoms with E-state index in [-0.39, 0.29) is 16.7 Å². The van der Waals surface area contributed by atoms with Crippen LogP contribution in [0.5, 0.6) is 0 Å². The number of nitrogens with one attached hydrogen (secondary N) is 1. The van der Waals surface area contributed by atoms with Crippen molar-refractivity contribution in [3.05, 3.63) is 89.3 Å². The van der Waals surface area contributed by atoms with Gasteiger partial charge < -0.3 is 9.32 Å². The average Bonchev–Trinajstić information content (AvgIpc) is 3.31. The molecule has 1 amide bonds. The van der Waals surface area contributed by atoms with Crippen LogP contribution in [0.15, 0.2) is 76.0 Å². The highest BCUT2D eigenvalue weighted by molar-refractivity contribution is 7.92. The number of piperidine rings is 1. The van der Waals surface area contributed by atoms with Crippen molar-refractivity contribution in [1.29, 1.82) is 0 Å². The Bertz CT molecular complexity index is 1450. The first-order valence-electron chi connectivity index (χ1n) is 11.7. The summed E-state index contributed by atoms with van der Waals surface area (Å²) >= 11 is 0. The molecular weight excluding hydrogens is 462 g/mol. The first-order chi connectivity index (χ1) is 16.8. The maximum Gasteiger partial charge on any atom is 0.261 e. The Labute approximate surface area is 204 Å². The molecule has 0 bridgehead atoms. The summed E-state index contributed by atoms with van der Waals surface area (Å²) in [6, 6.07) is 19.3. The molecule has 1 aliphatic heterocycles. The van der Waals surface area contributed by atoms with Crippen molar-refractivity contribution in [3.63, 3.8) is 0 Å². The van der Waals surface area contributed by atoms with Crippen LogP contribution in [0.3, 0.4) is 0 Å². The number of amides is 1. The van der Waals surface area contributed by atoms with Gasteiger partial charge in [-0.1, -0.05) is 24.3 Å². The molecule has 8 heteroatoms. The lowest BCUT2D eigenvalue weighted by molar-refractivity contribution is 0.0706. The van der Waals surface area contributed by atoms with Crippen LogP contribution in [0.2, 0.25) is 0 Å². The van der Waals surface area contributed by atoms with Crippen molar-refractivity contribution in [3.8, 4) is 0 Å². The lowest BCUT2D eigenvalue weighted by atomic mass is 9.96. The van der Waals surface area contributed by atoms with E-state index in [4.69, 9.17) is 4.42 Å². The number of oxazole rings is 1. The number of fused-ring (bicyclic) bond motifs is 1. The molecule has 180 valence electrons. The summed E-state index contributed by atoms with van der Waals surface area (Å²) < 4.78 is 34.3. The maximum absolute atomic E-state index is 13.0. The Hall–Kier alpha value is -3.65. The molecule has 2 heterocycles. The number of rotatable bonds is 5. The first kappa shape index (κ1) is 23.1. The number of hydrogen-bond acceptors (Lipinski definition) is 5. The number of hydrogen-bond donors (Lipinski definition) is 1. The zero-order valence-corrected chi connectivity index (χ0v) is 20.5. The monoisotopic (exact) mass is 489 g/mol. The van der Waals surface area contributed by atoms with E-state index >= 15 is 0 Å². The third kappa shape index (κ3) is 4.66. The SMILES string of the molecule is Cc1cccc(NS(=O)(=O)c2ccc(C(=O)N3CCC(c4nc5ccccc5o4)CC3)cc2)c1C. The van der Waals surface area contributed by atoms with Gasteiger partial charge in [0.1, 0.15) is 5.52 Å². The number of para-hydroxylation sites is 2. The molecule has 1 N–H and O–H groups in total. The van der Waals surface area contributed by atoms with Gasteiger partial charge in [-0.25, -0.2) is 13.4 Å². The largest absolute Gasteiger partial charge is 0.440 e. The average molecular weight is 490 g/mol. The van der Waals surface area contributed by atoms with Gasteiger partial charge in [-0.3, -0.25) is 9.52 Å². The second-order valence-electron chi connectivity index (χ2n) is 8.96. The fraction of sp³-hybridized carbons (Fsp3) is 0.259. The third-order valence-electron chi connectivity index (χ3n) is 6.70. The Morgan fingerprint density at radius 2 is 1.69 bits per heavy atom. The summed E-state index contributed by atoms with van der Waals surface area (Å²) in [5.41, 5.74) is 4.53. The maximum atomic E-state index is 13.0. The molecule has 0 aliphatic carbocycles. The number of anilines is 1. The molecule has 1 fully saturated rings. The molecule has 4 aromatic rings. The summed E-state index contributed by atoms with van der Waals surface area (Å²) in [7, 11) is -3.76. The zero-order valence-electron chi connectivity index (χ0n) is 19.7. The molecule has 35 heavy (non-hydrogen) atoms. The van der Waals surface area contributed by atoms with Gasteiger partial charge in [0, 0.05) is 24.6 Å². The van der Waals surface area contributed by atoms with Gasteiger partial charge in [0.2, 0.25) is 0 Å². The minimum absolute atomic E-state index is 0.104. The summed E-state index contributed by atoms with van der Waals surface area (Å²) in [6.07, 6.45) is 1.54. The number of aryl methyl sites for hydroxylation is 1. The number of benzene rings is 3. The number of carbonyl (C=O) groups is 1. The fourth-order valence-electron chi connectivity index (χ4n) is 4.42. The van der Waals surface area contributed by atoms with Crippen molar-refractivity contribution in [1.82, 2.24) is 9.88 Å². The summed E-state index contributed by atoms with van der Waals surface area (Å²) in [4.78, 5) is 19.6. The van der Waals surface area contributed by atoms with Crippen molar-refractivity contribution >= 4 is 32.7 Å². The van der Waals surface area contributed by atoms with Crippen LogP contribution in [0, 0.1) is 13.8 Å². The van der Waals surface area contributed by atoms with E-state index < -0.39 is 10.0 Å². The number of sulfonamides is 1. The molecule has 0 spiro atoms. The number of likely N-dealkylation sites (tertiary alicyclic amines) is 1. The minimum Gasteiger partial charge on any atom is -0.440 e. The molecule has 0 atom stereocenters. The van der Waals surface area contributed by atoms with Gasteiger partial charge in [-0.2, -0.15) is 0 Å². The first-order valence-corrected chi connectivity index (χ1v) is 13.1. The van der Waals surface area contributed by atoms with Crippen LogP contribution >= 0.6 is 0 Å². The van der Waals surface area contributed by atoms with Crippen LogP contribution in [0.4, 0.5) is 5.69 Å². The van der Waals surface area contributed by atoms with Gasteiger partial charge in [0.15, 0.2) is 11.5 Å². The molecule has 0 saturated carbocycles. The summed E-state index contributed by atoms with van der Waals surface area (Å²) in [5, 5.41) is 0. The summed E-state index contributed by atoms with van der Waals surface area (Å²) in [6.45, 7) is 5.00. The quantitative estimate of drug-likeness (QED) is 0.413. The Kier molecular flexibility index (Phi) is 6.06. The second-order valence-corrected chi connectivity index (χ2v) is 10.6. The van der Waals surface area contributed by atoms with Crippen LogP contribution in [-0.4, -0.2) is 37.3 Å². The molecule has 1 saturated heterocycles. The van der Waals surface area contributed by atoms with Crippen LogP contribution in [0.25, 0.3) is 11.1 Å². The number of nitrogens with zero attached hydrogens (tertiary/aromatic N) is 2. The van der Waals surface area contributed by atoms with Crippen molar-refractivity contribution in [2.45, 2.75) is 37.5 Å². The normalized spacial score (nSPS) is 14.9. The van der Waals surface area contributed by atoms with E-state index in [0.29, 0.717) is 24.3 Å². The van der Waals surface area contributed by atoms with E-state index in [9.17, 15) is 13.2 Å². The number of aromatic nitrogens is 1. The Balaban J connectivity index is 1.24. The predicted octanol–water partition coefficient (Wildman–Crippen LogP) is 5.27. The van der Waals surface area contributed by atoms with Gasteiger partial charge in [-0.05, 0) is 80.3 Å². The molecule has 1 aliphatic rings. The van der Waals surface area contributed by atoms with Gasteiger partial charge in [0.05, 0.1) is 10.6 Å². The molecular formula is C27H27N3O4S. The van der Waals surface area contributed by atoms with Crippen molar-refractivity contribution in [2.75, 3.05) is 17.8 Å². The summed E-state index contributed by atoms with van der Waals surface area (Å²) in [5.74, 6) is 0.798. The van der Waals surface area contributed by atoms with E-state index in [1.807, 2.05) is 50.2 Å². The Morgan fingerprint density at radius 3 is 2.40 bits per heavy atom. The second kappa shape index (κ2) is 9.19. The van der Waals surface area contributed by atoms with Crippen molar-refractivity contribution < 1.29 is 17.6 Å². The van der Waals surface area contributed by atoms with Gasteiger partial charge >= 0.3 is 0 Å². The highest BCUT2D eigenvalue weighted by Gasteiger charge is 2.28. The molecule has 0 unspecified atom stereocenters. The zero-order chi connectivity index (χ0) is 24.6. The highest BCUT2D eigenvalue weighted by atomic mass is 32.2. The van der Waals surface area contributed by atoms with Gasteiger partial charge in [0.25, 0.3) is 15.9 Å². The highest BCUT2D eigenvalue weighted by Crippen LogP contribution is 2.30. The standard InChI is InChI=1S/C27H27N3O4S/c1-18-6-5-8-23(19(18)2)29-35(32,33)22-12-10-21(11-13-22)27(31)30-16-14-20(15-17-30)26-28-24-7-3-4-9-25(24)34-26/h3-13,20,29H,14-17H2,1-2H3. The lowest BCUT2D eigenvalue weighted by Gasteiger charge is -2.30. The number of carbonyl (C=O) groups excluding carboxylic acids is 1. The fourth-order valence-corrected chi connectivity index (χ4v) is 5.54. The predicted molar refractivity (Wildman–Crippen MR) is 135 cm³/mol. The van der Waals surface area contributed by atoms with Crippen LogP contribution in [-0.2, 0) is 10.0 Å². The van der Waals surface area contributed by atoms with Crippen LogP contribution < -0.4 is 4.72 Å². The molecule has 0 radical (unpaired) electrons. The molecule has 3 aromatic carbocycles. The van der Waals surface area contributed by atoms with E-state index in [0.717, 1.165) is 41.0 Å². The molecule has 5 rings (SSSR count). The van der Waals surface area contributed by atoms with E-state index in [1.54, 1.807) is 23.1 Å². The lowest BCUT2D eigenvalue weighted by Crippen LogP contribution is -2.38. The topological polar surface area (TPSA) is 92.5 Å². The minimum atomic E-state index is -3.76. The van der Waals surface area contributed by atoms with E-state index in [1.165, 1.54) is 12.1 Å². The third-order valence-corrected chi connectivity index (χ3v) is 8.08. The van der Waals surface area contributed by atoms with Gasteiger partial charge in [-0.15, -0.1) is 0 Å². The van der Waals surface area contributed by atoms with E-state index in [2.05, 4.69) is 9.71 Å². The molecule has 1 aromatic heterocycles. The smallest absolute Gasteiger partial charge is 0.261 e. The van der Waals surface area contributed by atoms with Crippen LogP contribution in [0.1, 0.15) is 46.1 Å². The van der Waals surface area contributed by atoms with Crippen molar-refractivity contribution in [2.24, 2.45) is 0 Å². The molecule has 7 nitrogen and oxygen atoms in total.